The fraction of sp³-hybridized carbons (Fsp3) is 0.286. The van der Waals surface area contributed by atoms with E-state index in [0.29, 0.717) is 11.3 Å². The number of benzene rings is 2. The van der Waals surface area contributed by atoms with Gasteiger partial charge in [-0.1, -0.05) is 11.3 Å². The Morgan fingerprint density at radius 1 is 1.23 bits per heavy atom. The van der Waals surface area contributed by atoms with Gasteiger partial charge in [-0.3, -0.25) is 9.59 Å². The first-order valence-electron chi connectivity index (χ1n) is 9.73. The van der Waals surface area contributed by atoms with Gasteiger partial charge in [0, 0.05) is 29.2 Å². The van der Waals surface area contributed by atoms with E-state index in [2.05, 4.69) is 15.5 Å². The summed E-state index contributed by atoms with van der Waals surface area (Å²) >= 11 is 3.12. The first kappa shape index (κ1) is 19.3. The maximum atomic E-state index is 12.8. The van der Waals surface area contributed by atoms with Crippen LogP contribution < -0.4 is 15.5 Å². The van der Waals surface area contributed by atoms with Crippen LogP contribution in [-0.4, -0.2) is 48.4 Å². The second kappa shape index (κ2) is 7.90. The maximum absolute atomic E-state index is 12.8. The molecule has 0 saturated carbocycles. The van der Waals surface area contributed by atoms with Crippen molar-refractivity contribution in [3.8, 4) is 0 Å². The molecule has 2 aromatic carbocycles. The zero-order chi connectivity index (χ0) is 20.7. The minimum atomic E-state index is -0.215. The van der Waals surface area contributed by atoms with E-state index in [1.165, 1.54) is 11.8 Å². The molecule has 1 aromatic heterocycles. The molecule has 0 bridgehead atoms. The number of ether oxygens (including phenoxy) is 1. The van der Waals surface area contributed by atoms with Crippen molar-refractivity contribution in [3.05, 3.63) is 42.0 Å². The molecule has 1 saturated heterocycles. The first-order chi connectivity index (χ1) is 14.6. The fourth-order valence-electron chi connectivity index (χ4n) is 3.43. The molecule has 2 aliphatic heterocycles. The average Bonchev–Trinajstić information content (AvgIpc) is 3.18. The summed E-state index contributed by atoms with van der Waals surface area (Å²) in [7, 11) is 0. The first-order valence-corrected chi connectivity index (χ1v) is 11.4. The van der Waals surface area contributed by atoms with E-state index in [1.54, 1.807) is 23.5 Å². The number of morpholine rings is 1. The summed E-state index contributed by atoms with van der Waals surface area (Å²) in [6.45, 7) is 4.99. The number of thioether (sulfide) groups is 1. The zero-order valence-corrected chi connectivity index (χ0v) is 17.9. The molecule has 30 heavy (non-hydrogen) atoms. The van der Waals surface area contributed by atoms with Gasteiger partial charge in [0.05, 0.1) is 34.4 Å². The SMILES string of the molecule is C[C@@H]1Sc2ccc(C(=O)Nc3ccc4nc(N5CCOCC5)sc4c3)cc2NC1=O. The molecule has 154 valence electrons. The number of thiazole rings is 1. The molecule has 5 rings (SSSR count). The van der Waals surface area contributed by atoms with Crippen LogP contribution in [0.25, 0.3) is 10.2 Å². The Morgan fingerprint density at radius 3 is 2.90 bits per heavy atom. The van der Waals surface area contributed by atoms with Gasteiger partial charge in [-0.05, 0) is 43.3 Å². The van der Waals surface area contributed by atoms with Crippen molar-refractivity contribution in [3.63, 3.8) is 0 Å². The van der Waals surface area contributed by atoms with Crippen LogP contribution in [0.4, 0.5) is 16.5 Å². The Bertz CT molecular complexity index is 1140. The lowest BCUT2D eigenvalue weighted by molar-refractivity contribution is -0.115. The van der Waals surface area contributed by atoms with Crippen molar-refractivity contribution >= 4 is 61.6 Å². The monoisotopic (exact) mass is 440 g/mol. The van der Waals surface area contributed by atoms with Gasteiger partial charge in [0.25, 0.3) is 5.91 Å². The smallest absolute Gasteiger partial charge is 0.255 e. The Kier molecular flexibility index (Phi) is 5.10. The van der Waals surface area contributed by atoms with Gasteiger partial charge in [0.15, 0.2) is 5.13 Å². The van der Waals surface area contributed by atoms with Crippen LogP contribution in [0.3, 0.4) is 0 Å². The van der Waals surface area contributed by atoms with E-state index in [-0.39, 0.29) is 17.1 Å². The third-order valence-corrected chi connectivity index (χ3v) is 7.35. The number of nitrogens with zero attached hydrogens (tertiary/aromatic N) is 2. The van der Waals surface area contributed by atoms with E-state index in [0.717, 1.165) is 52.2 Å². The number of rotatable bonds is 3. The Labute approximate surface area is 181 Å². The van der Waals surface area contributed by atoms with Crippen LogP contribution in [0.5, 0.6) is 0 Å². The zero-order valence-electron chi connectivity index (χ0n) is 16.3. The Morgan fingerprint density at radius 2 is 2.07 bits per heavy atom. The number of hydrogen-bond acceptors (Lipinski definition) is 7. The normalized spacial score (nSPS) is 18.8. The van der Waals surface area contributed by atoms with Crippen molar-refractivity contribution in [2.24, 2.45) is 0 Å². The van der Waals surface area contributed by atoms with Crippen molar-refractivity contribution in [2.45, 2.75) is 17.1 Å². The van der Waals surface area contributed by atoms with Crippen molar-refractivity contribution < 1.29 is 14.3 Å². The lowest BCUT2D eigenvalue weighted by Gasteiger charge is -2.25. The van der Waals surface area contributed by atoms with Crippen LogP contribution in [0, 0.1) is 0 Å². The molecule has 3 aromatic rings. The molecule has 1 atom stereocenters. The minimum Gasteiger partial charge on any atom is -0.378 e. The molecular formula is C21H20N4O3S2. The van der Waals surface area contributed by atoms with Crippen LogP contribution in [-0.2, 0) is 9.53 Å². The molecular weight excluding hydrogens is 420 g/mol. The highest BCUT2D eigenvalue weighted by molar-refractivity contribution is 8.00. The Balaban J connectivity index is 1.34. The molecule has 0 radical (unpaired) electrons. The van der Waals surface area contributed by atoms with Gasteiger partial charge in [-0.15, -0.1) is 11.8 Å². The minimum absolute atomic E-state index is 0.0447. The third kappa shape index (κ3) is 3.76. The molecule has 7 nitrogen and oxygen atoms in total. The number of fused-ring (bicyclic) bond motifs is 2. The quantitative estimate of drug-likeness (QED) is 0.644. The number of hydrogen-bond donors (Lipinski definition) is 2. The van der Waals surface area contributed by atoms with E-state index in [1.807, 2.05) is 31.2 Å². The topological polar surface area (TPSA) is 83.6 Å². The van der Waals surface area contributed by atoms with Crippen LogP contribution in [0.1, 0.15) is 17.3 Å². The van der Waals surface area contributed by atoms with Gasteiger partial charge < -0.3 is 20.3 Å². The van der Waals surface area contributed by atoms with Crippen molar-refractivity contribution in [1.82, 2.24) is 4.98 Å². The predicted molar refractivity (Wildman–Crippen MR) is 121 cm³/mol. The largest absolute Gasteiger partial charge is 0.378 e. The molecule has 9 heteroatoms. The van der Waals surface area contributed by atoms with Crippen LogP contribution in [0.2, 0.25) is 0 Å². The summed E-state index contributed by atoms with van der Waals surface area (Å²) in [5.41, 5.74) is 2.82. The van der Waals surface area contributed by atoms with Gasteiger partial charge in [0.2, 0.25) is 5.91 Å². The summed E-state index contributed by atoms with van der Waals surface area (Å²) in [5.74, 6) is -0.260. The van der Waals surface area contributed by atoms with Crippen molar-refractivity contribution in [1.29, 1.82) is 0 Å². The highest BCUT2D eigenvalue weighted by atomic mass is 32.2. The highest BCUT2D eigenvalue weighted by Gasteiger charge is 2.24. The van der Waals surface area contributed by atoms with E-state index in [4.69, 9.17) is 9.72 Å². The van der Waals surface area contributed by atoms with E-state index < -0.39 is 0 Å². The van der Waals surface area contributed by atoms with Gasteiger partial charge >= 0.3 is 0 Å². The number of nitrogens with one attached hydrogen (secondary N) is 2. The number of amides is 2. The summed E-state index contributed by atoms with van der Waals surface area (Å²) in [5, 5.41) is 6.67. The lowest BCUT2D eigenvalue weighted by Crippen LogP contribution is -2.36. The number of anilines is 3. The second-order valence-electron chi connectivity index (χ2n) is 7.19. The summed E-state index contributed by atoms with van der Waals surface area (Å²) in [6, 6.07) is 11.1. The predicted octanol–water partition coefficient (Wildman–Crippen LogP) is 3.82. The second-order valence-corrected chi connectivity index (χ2v) is 9.58. The molecule has 1 fully saturated rings. The van der Waals surface area contributed by atoms with Gasteiger partial charge in [-0.2, -0.15) is 0 Å². The lowest BCUT2D eigenvalue weighted by atomic mass is 10.1. The maximum Gasteiger partial charge on any atom is 0.255 e. The summed E-state index contributed by atoms with van der Waals surface area (Å²) < 4.78 is 6.43. The van der Waals surface area contributed by atoms with Gasteiger partial charge in [-0.25, -0.2) is 4.98 Å². The van der Waals surface area contributed by atoms with E-state index >= 15 is 0 Å². The number of carbonyl (C=O) groups is 2. The molecule has 0 aliphatic carbocycles. The molecule has 2 amide bonds. The van der Waals surface area contributed by atoms with Crippen LogP contribution in [0.15, 0.2) is 41.3 Å². The molecule has 0 unspecified atom stereocenters. The number of carbonyl (C=O) groups excluding carboxylic acids is 2. The molecule has 0 spiro atoms. The number of aromatic nitrogens is 1. The van der Waals surface area contributed by atoms with Crippen molar-refractivity contribution in [2.75, 3.05) is 41.8 Å². The fourth-order valence-corrected chi connectivity index (χ4v) is 5.42. The molecule has 3 heterocycles. The summed E-state index contributed by atoms with van der Waals surface area (Å²) in [4.78, 5) is 32.6. The molecule has 2 N–H and O–H groups in total. The van der Waals surface area contributed by atoms with Gasteiger partial charge in [0.1, 0.15) is 0 Å². The standard InChI is InChI=1S/C21H20N4O3S2/c1-12-19(26)23-16-10-13(2-5-17(16)29-12)20(27)22-14-3-4-15-18(11-14)30-21(24-15)25-6-8-28-9-7-25/h2-5,10-12H,6-9H2,1H3,(H,22,27)(H,23,26)/t12-/m0/s1. The Hall–Kier alpha value is -2.62. The average molecular weight is 441 g/mol. The van der Waals surface area contributed by atoms with E-state index in [9.17, 15) is 9.59 Å². The van der Waals surface area contributed by atoms with Crippen LogP contribution >= 0.6 is 23.1 Å². The molecule has 2 aliphatic rings. The third-order valence-electron chi connectivity index (χ3n) is 5.09. The summed E-state index contributed by atoms with van der Waals surface area (Å²) in [6.07, 6.45) is 0. The highest BCUT2D eigenvalue weighted by Crippen LogP contribution is 2.36.